The molecule has 25 heavy (non-hydrogen) atoms. The fraction of sp³-hybridized carbons (Fsp3) is 0.684. The average molecular weight is 363 g/mol. The van der Waals surface area contributed by atoms with Gasteiger partial charge in [-0.1, -0.05) is 12.6 Å². The molecule has 2 aromatic heterocycles. The summed E-state index contributed by atoms with van der Waals surface area (Å²) >= 11 is 2.08. The van der Waals surface area contributed by atoms with Crippen molar-refractivity contribution in [2.75, 3.05) is 19.8 Å². The van der Waals surface area contributed by atoms with Crippen LogP contribution in [0.2, 0.25) is 0 Å². The SMILES string of the molecule is C.Cn1cc([C@@H]2CC3(CCN2)COCCc2cc(C4CC4)sc23)nn1.[HH]. The van der Waals surface area contributed by atoms with E-state index < -0.39 is 0 Å². The number of hydrogen-bond acceptors (Lipinski definition) is 5. The standard InChI is InChI=1S/C18H24N4OS.CH4.H2/c1-22-10-15(20-21-22)14-9-18(5-6-19-14)11-23-7-4-13-8-16(12-2-3-12)24-17(13)18;;/h8,10,12,14,19H,2-7,9,11H2,1H3;1H4;1H/t14-,18?;;/m0../s1. The summed E-state index contributed by atoms with van der Waals surface area (Å²) in [7, 11) is 1.93. The summed E-state index contributed by atoms with van der Waals surface area (Å²) in [5.74, 6) is 0.845. The van der Waals surface area contributed by atoms with Crippen LogP contribution in [-0.2, 0) is 23.6 Å². The molecule has 0 aromatic carbocycles. The largest absolute Gasteiger partial charge is 0.380 e. The van der Waals surface area contributed by atoms with Crippen LogP contribution in [0.15, 0.2) is 12.3 Å². The first-order valence-corrected chi connectivity index (χ1v) is 9.86. The Labute approximate surface area is 155 Å². The van der Waals surface area contributed by atoms with Crippen LogP contribution in [0.5, 0.6) is 0 Å². The number of rotatable bonds is 2. The molecule has 2 fully saturated rings. The molecule has 0 bridgehead atoms. The Morgan fingerprint density at radius 3 is 3.08 bits per heavy atom. The second-order valence-corrected chi connectivity index (χ2v) is 8.72. The molecule has 0 amide bonds. The number of nitrogens with one attached hydrogen (secondary N) is 1. The van der Waals surface area contributed by atoms with Gasteiger partial charge in [0.1, 0.15) is 0 Å². The summed E-state index contributed by atoms with van der Waals surface area (Å²) in [6.45, 7) is 2.72. The highest BCUT2D eigenvalue weighted by atomic mass is 32.1. The number of aryl methyl sites for hydroxylation is 1. The van der Waals surface area contributed by atoms with Gasteiger partial charge in [-0.25, -0.2) is 0 Å². The lowest BCUT2D eigenvalue weighted by atomic mass is 9.74. The Hall–Kier alpha value is -1.24. The van der Waals surface area contributed by atoms with Crippen molar-refractivity contribution in [1.82, 2.24) is 20.3 Å². The van der Waals surface area contributed by atoms with Gasteiger partial charge in [0.15, 0.2) is 0 Å². The molecule has 0 radical (unpaired) electrons. The Morgan fingerprint density at radius 2 is 2.32 bits per heavy atom. The molecule has 4 heterocycles. The van der Waals surface area contributed by atoms with Crippen LogP contribution in [0.4, 0.5) is 0 Å². The van der Waals surface area contributed by atoms with Crippen molar-refractivity contribution in [2.45, 2.75) is 56.9 Å². The third kappa shape index (κ3) is 3.04. The van der Waals surface area contributed by atoms with Crippen molar-refractivity contribution in [3.05, 3.63) is 33.3 Å². The van der Waals surface area contributed by atoms with Crippen molar-refractivity contribution in [2.24, 2.45) is 7.05 Å². The van der Waals surface area contributed by atoms with E-state index in [1.165, 1.54) is 12.8 Å². The number of fused-ring (bicyclic) bond motifs is 2. The molecule has 2 aromatic rings. The predicted octanol–water partition coefficient (Wildman–Crippen LogP) is 3.57. The second kappa shape index (κ2) is 6.49. The fourth-order valence-corrected chi connectivity index (χ4v) is 5.88. The van der Waals surface area contributed by atoms with Gasteiger partial charge in [0.25, 0.3) is 0 Å². The van der Waals surface area contributed by atoms with Crippen LogP contribution in [0, 0.1) is 0 Å². The lowest BCUT2D eigenvalue weighted by Crippen LogP contribution is -2.44. The molecule has 3 aliphatic rings. The van der Waals surface area contributed by atoms with Crippen LogP contribution in [0.1, 0.15) is 67.5 Å². The normalized spacial score (nSPS) is 29.1. The fourth-order valence-electron chi connectivity index (χ4n) is 4.29. The van der Waals surface area contributed by atoms with Crippen LogP contribution >= 0.6 is 11.3 Å². The summed E-state index contributed by atoms with van der Waals surface area (Å²) < 4.78 is 7.87. The van der Waals surface area contributed by atoms with Crippen LogP contribution in [0.3, 0.4) is 0 Å². The molecule has 1 saturated heterocycles. The van der Waals surface area contributed by atoms with E-state index in [9.17, 15) is 0 Å². The van der Waals surface area contributed by atoms with Gasteiger partial charge >= 0.3 is 0 Å². The van der Waals surface area contributed by atoms with Crippen molar-refractivity contribution in [3.8, 4) is 0 Å². The molecule has 1 saturated carbocycles. The number of hydrogen-bond donors (Lipinski definition) is 1. The molecule has 2 atom stereocenters. The smallest absolute Gasteiger partial charge is 0.0996 e. The molecule has 5 nitrogen and oxygen atoms in total. The summed E-state index contributed by atoms with van der Waals surface area (Å²) in [5, 5.41) is 12.1. The van der Waals surface area contributed by atoms with Gasteiger partial charge in [-0.05, 0) is 56.2 Å². The molecule has 138 valence electrons. The molecule has 6 heteroatoms. The third-order valence-corrected chi connectivity index (χ3v) is 7.34. The maximum atomic E-state index is 6.07. The van der Waals surface area contributed by atoms with Gasteiger partial charge in [0, 0.05) is 29.8 Å². The molecule has 1 N–H and O–H groups in total. The van der Waals surface area contributed by atoms with Gasteiger partial charge < -0.3 is 10.1 Å². The minimum atomic E-state index is 0. The second-order valence-electron chi connectivity index (χ2n) is 7.64. The van der Waals surface area contributed by atoms with E-state index in [1.807, 2.05) is 13.2 Å². The molecule has 2 aliphatic heterocycles. The maximum Gasteiger partial charge on any atom is 0.0996 e. The first-order chi connectivity index (χ1) is 11.7. The molecular formula is C19H30N4OS. The van der Waals surface area contributed by atoms with E-state index in [1.54, 1.807) is 20.0 Å². The molecule has 1 unspecified atom stereocenters. The highest BCUT2D eigenvalue weighted by Gasteiger charge is 2.43. The third-order valence-electron chi connectivity index (χ3n) is 5.75. The number of nitrogens with zero attached hydrogens (tertiary/aromatic N) is 3. The van der Waals surface area contributed by atoms with E-state index >= 15 is 0 Å². The zero-order valence-corrected chi connectivity index (χ0v) is 14.9. The van der Waals surface area contributed by atoms with Crippen molar-refractivity contribution in [1.29, 1.82) is 0 Å². The first-order valence-electron chi connectivity index (χ1n) is 9.04. The van der Waals surface area contributed by atoms with Gasteiger partial charge in [-0.2, -0.15) is 0 Å². The van der Waals surface area contributed by atoms with Crippen LogP contribution < -0.4 is 5.32 Å². The monoisotopic (exact) mass is 362 g/mol. The van der Waals surface area contributed by atoms with E-state index in [0.717, 1.165) is 50.6 Å². The summed E-state index contributed by atoms with van der Waals surface area (Å²) in [5.41, 5.74) is 2.76. The lowest BCUT2D eigenvalue weighted by Gasteiger charge is -2.40. The molecule has 5 rings (SSSR count). The first kappa shape index (κ1) is 17.2. The molecular weight excluding hydrogens is 332 g/mol. The summed E-state index contributed by atoms with van der Waals surface area (Å²) in [6, 6.07) is 2.77. The quantitative estimate of drug-likeness (QED) is 0.887. The number of thiophene rings is 1. The zero-order chi connectivity index (χ0) is 16.1. The Bertz CT molecular complexity index is 757. The number of aromatic nitrogens is 3. The predicted molar refractivity (Wildman–Crippen MR) is 102 cm³/mol. The van der Waals surface area contributed by atoms with Gasteiger partial charge in [0.05, 0.1) is 24.9 Å². The van der Waals surface area contributed by atoms with Crippen LogP contribution in [0.25, 0.3) is 0 Å². The Morgan fingerprint density at radius 1 is 1.44 bits per heavy atom. The summed E-state index contributed by atoms with van der Waals surface area (Å²) in [4.78, 5) is 3.23. The molecule has 1 spiro atoms. The number of piperidine rings is 1. The lowest BCUT2D eigenvalue weighted by molar-refractivity contribution is 0.0696. The Kier molecular flexibility index (Phi) is 4.46. The highest BCUT2D eigenvalue weighted by Crippen LogP contribution is 2.50. The van der Waals surface area contributed by atoms with Gasteiger partial charge in [0.2, 0.25) is 0 Å². The number of ether oxygens (including phenoxy) is 1. The van der Waals surface area contributed by atoms with Gasteiger partial charge in [-0.15, -0.1) is 16.4 Å². The Balaban J connectivity index is 0.000000980. The zero-order valence-electron chi connectivity index (χ0n) is 14.1. The van der Waals surface area contributed by atoms with Gasteiger partial charge in [-0.3, -0.25) is 4.68 Å². The average Bonchev–Trinajstić information content (AvgIpc) is 3.24. The summed E-state index contributed by atoms with van der Waals surface area (Å²) in [6.07, 6.45) is 8.09. The van der Waals surface area contributed by atoms with Crippen molar-refractivity contribution >= 4 is 11.3 Å². The van der Waals surface area contributed by atoms with E-state index in [4.69, 9.17) is 4.74 Å². The van der Waals surface area contributed by atoms with E-state index in [0.29, 0.717) is 0 Å². The minimum Gasteiger partial charge on any atom is -0.380 e. The topological polar surface area (TPSA) is 52.0 Å². The van der Waals surface area contributed by atoms with Crippen molar-refractivity contribution in [3.63, 3.8) is 0 Å². The minimum absolute atomic E-state index is 0. The maximum absolute atomic E-state index is 6.07. The van der Waals surface area contributed by atoms with Crippen LogP contribution in [-0.4, -0.2) is 34.8 Å². The van der Waals surface area contributed by atoms with E-state index in [2.05, 4.69) is 33.0 Å². The van der Waals surface area contributed by atoms with E-state index in [-0.39, 0.29) is 20.3 Å². The van der Waals surface area contributed by atoms with Crippen molar-refractivity contribution < 1.29 is 6.16 Å². The highest BCUT2D eigenvalue weighted by molar-refractivity contribution is 7.12. The molecule has 1 aliphatic carbocycles.